The molecule has 0 aliphatic rings. The Labute approximate surface area is 89.3 Å². The molecule has 0 atom stereocenters. The molecule has 2 N–H and O–H groups in total. The van der Waals surface area contributed by atoms with Crippen molar-refractivity contribution in [2.75, 3.05) is 6.54 Å². The van der Waals surface area contributed by atoms with Gasteiger partial charge in [0.25, 0.3) is 0 Å². The van der Waals surface area contributed by atoms with Gasteiger partial charge in [-0.1, -0.05) is 19.9 Å². The summed E-state index contributed by atoms with van der Waals surface area (Å²) >= 11 is 0. The molecule has 0 saturated carbocycles. The van der Waals surface area contributed by atoms with Crippen LogP contribution in [-0.4, -0.2) is 6.54 Å². The van der Waals surface area contributed by atoms with E-state index in [-0.39, 0.29) is 11.5 Å². The zero-order valence-corrected chi connectivity index (χ0v) is 9.19. The lowest BCUT2D eigenvalue weighted by Crippen LogP contribution is -2.06. The third kappa shape index (κ3) is 2.75. The number of hydrogen-bond acceptors (Lipinski definition) is 1. The van der Waals surface area contributed by atoms with Gasteiger partial charge in [0, 0.05) is 5.56 Å². The van der Waals surface area contributed by atoms with E-state index in [1.165, 1.54) is 12.1 Å². The maximum absolute atomic E-state index is 13.8. The molecule has 0 aromatic heterocycles. The number of halogens is 2. The predicted molar refractivity (Wildman–Crippen MR) is 57.8 cm³/mol. The van der Waals surface area contributed by atoms with Gasteiger partial charge in [-0.3, -0.25) is 0 Å². The first-order chi connectivity index (χ1) is 7.07. The Bertz CT molecular complexity index is 335. The molecule has 15 heavy (non-hydrogen) atoms. The summed E-state index contributed by atoms with van der Waals surface area (Å²) in [5.74, 6) is -0.800. The van der Waals surface area contributed by atoms with Crippen LogP contribution in [0.3, 0.4) is 0 Å². The topological polar surface area (TPSA) is 26.0 Å². The summed E-state index contributed by atoms with van der Waals surface area (Å²) in [5, 5.41) is 0. The summed E-state index contributed by atoms with van der Waals surface area (Å²) in [6, 6.07) is 2.85. The highest BCUT2D eigenvalue weighted by Gasteiger charge is 2.14. The highest BCUT2D eigenvalue weighted by Crippen LogP contribution is 2.24. The predicted octanol–water partition coefficient (Wildman–Crippen LogP) is 2.98. The number of rotatable bonds is 4. The van der Waals surface area contributed by atoms with E-state index in [4.69, 9.17) is 5.73 Å². The number of benzene rings is 1. The van der Waals surface area contributed by atoms with Gasteiger partial charge in [-0.2, -0.15) is 0 Å². The maximum Gasteiger partial charge on any atom is 0.132 e. The molecular formula is C12H17F2N. The number of nitrogens with two attached hydrogens (primary N) is 1. The van der Waals surface area contributed by atoms with Crippen LogP contribution in [0, 0.1) is 11.6 Å². The van der Waals surface area contributed by atoms with Crippen LogP contribution in [0.15, 0.2) is 12.1 Å². The van der Waals surface area contributed by atoms with E-state index in [2.05, 4.69) is 0 Å². The second kappa shape index (κ2) is 5.21. The van der Waals surface area contributed by atoms with Crippen molar-refractivity contribution in [1.82, 2.24) is 0 Å². The zero-order chi connectivity index (χ0) is 11.4. The number of hydrogen-bond donors (Lipinski definition) is 1. The largest absolute Gasteiger partial charge is 0.330 e. The van der Waals surface area contributed by atoms with E-state index in [1.807, 2.05) is 13.8 Å². The quantitative estimate of drug-likeness (QED) is 0.817. The second-order valence-electron chi connectivity index (χ2n) is 3.98. The van der Waals surface area contributed by atoms with Gasteiger partial charge in [0.1, 0.15) is 11.6 Å². The molecule has 1 rings (SSSR count). The molecule has 0 fully saturated rings. The average molecular weight is 213 g/mol. The minimum absolute atomic E-state index is 0.0715. The van der Waals surface area contributed by atoms with Crippen LogP contribution in [0.5, 0.6) is 0 Å². The minimum Gasteiger partial charge on any atom is -0.330 e. The molecule has 0 bridgehead atoms. The van der Waals surface area contributed by atoms with Crippen LogP contribution in [0.4, 0.5) is 8.78 Å². The molecule has 0 radical (unpaired) electrons. The fourth-order valence-corrected chi connectivity index (χ4v) is 1.57. The van der Waals surface area contributed by atoms with Crippen molar-refractivity contribution >= 4 is 0 Å². The minimum atomic E-state index is -0.467. The van der Waals surface area contributed by atoms with Crippen molar-refractivity contribution in [1.29, 1.82) is 0 Å². The maximum atomic E-state index is 13.8. The molecule has 0 amide bonds. The molecule has 0 aliphatic carbocycles. The SMILES string of the molecule is CC(C)c1ccc(F)c(CCCN)c1F. The monoisotopic (exact) mass is 213 g/mol. The average Bonchev–Trinajstić information content (AvgIpc) is 2.17. The summed E-state index contributed by atoms with van der Waals surface area (Å²) in [6.07, 6.45) is 0.976. The third-order valence-corrected chi connectivity index (χ3v) is 2.47. The van der Waals surface area contributed by atoms with E-state index >= 15 is 0 Å². The van der Waals surface area contributed by atoms with E-state index in [0.717, 1.165) is 0 Å². The molecular weight excluding hydrogens is 196 g/mol. The first-order valence-electron chi connectivity index (χ1n) is 5.24. The first kappa shape index (κ1) is 12.1. The van der Waals surface area contributed by atoms with Crippen molar-refractivity contribution in [3.8, 4) is 0 Å². The van der Waals surface area contributed by atoms with Gasteiger partial charge < -0.3 is 5.73 Å². The molecule has 0 unspecified atom stereocenters. The molecule has 1 aromatic rings. The molecule has 1 aromatic carbocycles. The zero-order valence-electron chi connectivity index (χ0n) is 9.19. The standard InChI is InChI=1S/C12H17F2N/c1-8(2)9-5-6-11(13)10(12(9)14)4-3-7-15/h5-6,8H,3-4,7,15H2,1-2H3. The molecule has 0 aliphatic heterocycles. The van der Waals surface area contributed by atoms with Crippen molar-refractivity contribution in [3.63, 3.8) is 0 Å². The van der Waals surface area contributed by atoms with Crippen molar-refractivity contribution in [3.05, 3.63) is 34.9 Å². The summed E-state index contributed by atoms with van der Waals surface area (Å²) in [7, 11) is 0. The molecule has 0 spiro atoms. The van der Waals surface area contributed by atoms with Crippen LogP contribution in [0.1, 0.15) is 37.3 Å². The van der Waals surface area contributed by atoms with Crippen LogP contribution in [0.2, 0.25) is 0 Å². The Morgan fingerprint density at radius 3 is 2.47 bits per heavy atom. The Morgan fingerprint density at radius 2 is 1.93 bits per heavy atom. The van der Waals surface area contributed by atoms with Crippen molar-refractivity contribution in [2.24, 2.45) is 5.73 Å². The fourth-order valence-electron chi connectivity index (χ4n) is 1.57. The third-order valence-electron chi connectivity index (χ3n) is 2.47. The smallest absolute Gasteiger partial charge is 0.132 e. The Kier molecular flexibility index (Phi) is 4.21. The fraction of sp³-hybridized carbons (Fsp3) is 0.500. The highest BCUT2D eigenvalue weighted by molar-refractivity contribution is 5.29. The van der Waals surface area contributed by atoms with Gasteiger partial charge in [-0.05, 0) is 36.9 Å². The van der Waals surface area contributed by atoms with Gasteiger partial charge in [0.05, 0.1) is 0 Å². The van der Waals surface area contributed by atoms with E-state index in [1.54, 1.807) is 0 Å². The summed E-state index contributed by atoms with van der Waals surface area (Å²) in [4.78, 5) is 0. The summed E-state index contributed by atoms with van der Waals surface area (Å²) in [5.41, 5.74) is 6.07. The lowest BCUT2D eigenvalue weighted by Gasteiger charge is -2.11. The van der Waals surface area contributed by atoms with Crippen LogP contribution >= 0.6 is 0 Å². The van der Waals surface area contributed by atoms with Gasteiger partial charge in [0.2, 0.25) is 0 Å². The molecule has 0 saturated heterocycles. The summed E-state index contributed by atoms with van der Waals surface area (Å²) < 4.78 is 27.2. The lowest BCUT2D eigenvalue weighted by atomic mass is 9.97. The van der Waals surface area contributed by atoms with Crippen LogP contribution in [-0.2, 0) is 6.42 Å². The summed E-state index contributed by atoms with van der Waals surface area (Å²) in [6.45, 7) is 4.23. The second-order valence-corrected chi connectivity index (χ2v) is 3.98. The van der Waals surface area contributed by atoms with Crippen LogP contribution < -0.4 is 5.73 Å². The van der Waals surface area contributed by atoms with Gasteiger partial charge in [0.15, 0.2) is 0 Å². The van der Waals surface area contributed by atoms with Gasteiger partial charge in [-0.15, -0.1) is 0 Å². The Balaban J connectivity index is 3.06. The lowest BCUT2D eigenvalue weighted by molar-refractivity contribution is 0.535. The van der Waals surface area contributed by atoms with Crippen molar-refractivity contribution in [2.45, 2.75) is 32.6 Å². The van der Waals surface area contributed by atoms with Gasteiger partial charge in [-0.25, -0.2) is 8.78 Å². The molecule has 84 valence electrons. The van der Waals surface area contributed by atoms with Crippen LogP contribution in [0.25, 0.3) is 0 Å². The normalized spacial score (nSPS) is 11.1. The molecule has 0 heterocycles. The Hall–Kier alpha value is -0.960. The van der Waals surface area contributed by atoms with Crippen molar-refractivity contribution < 1.29 is 8.78 Å². The highest BCUT2D eigenvalue weighted by atomic mass is 19.1. The molecule has 1 nitrogen and oxygen atoms in total. The molecule has 3 heteroatoms. The van der Waals surface area contributed by atoms with E-state index in [9.17, 15) is 8.78 Å². The van der Waals surface area contributed by atoms with Gasteiger partial charge >= 0.3 is 0 Å². The van der Waals surface area contributed by atoms with E-state index < -0.39 is 11.6 Å². The van der Waals surface area contributed by atoms with E-state index in [0.29, 0.717) is 24.9 Å². The first-order valence-corrected chi connectivity index (χ1v) is 5.24. The Morgan fingerprint density at radius 1 is 1.27 bits per heavy atom.